The molecule has 1 heterocycles. The van der Waals surface area contributed by atoms with E-state index in [1.807, 2.05) is 6.92 Å². The van der Waals surface area contributed by atoms with Crippen molar-refractivity contribution in [2.45, 2.75) is 32.6 Å². The molecule has 3 nitrogen and oxygen atoms in total. The van der Waals surface area contributed by atoms with Crippen molar-refractivity contribution in [3.63, 3.8) is 0 Å². The molecule has 1 saturated carbocycles. The van der Waals surface area contributed by atoms with Crippen LogP contribution in [0.15, 0.2) is 0 Å². The van der Waals surface area contributed by atoms with Gasteiger partial charge >= 0.3 is 0 Å². The molecule has 3 heteroatoms. The minimum atomic E-state index is 0.182. The Kier molecular flexibility index (Phi) is 4.44. The van der Waals surface area contributed by atoms with E-state index >= 15 is 0 Å². The number of nitrogens with zero attached hydrogens (tertiary/aromatic N) is 1. The molecule has 1 saturated heterocycles. The molecule has 1 aliphatic carbocycles. The van der Waals surface area contributed by atoms with Crippen LogP contribution in [-0.4, -0.2) is 37.0 Å². The third-order valence-electron chi connectivity index (χ3n) is 3.62. The normalized spacial score (nSPS) is 24.9. The molecule has 1 aliphatic heterocycles. The Morgan fingerprint density at radius 2 is 2.24 bits per heavy atom. The fraction of sp³-hybridized carbons (Fsp3) is 0.786. The van der Waals surface area contributed by atoms with E-state index in [2.05, 4.69) is 22.1 Å². The van der Waals surface area contributed by atoms with Crippen molar-refractivity contribution < 1.29 is 4.79 Å². The van der Waals surface area contributed by atoms with Gasteiger partial charge in [-0.1, -0.05) is 5.92 Å². The van der Waals surface area contributed by atoms with Crippen LogP contribution in [-0.2, 0) is 4.79 Å². The van der Waals surface area contributed by atoms with Crippen molar-refractivity contribution >= 4 is 5.91 Å². The fourth-order valence-electron chi connectivity index (χ4n) is 2.32. The van der Waals surface area contributed by atoms with Crippen molar-refractivity contribution in [3.8, 4) is 11.8 Å². The Morgan fingerprint density at radius 1 is 1.41 bits per heavy atom. The first kappa shape index (κ1) is 12.4. The summed E-state index contributed by atoms with van der Waals surface area (Å²) in [6.45, 7) is 5.53. The molecule has 2 aliphatic rings. The van der Waals surface area contributed by atoms with Crippen LogP contribution in [0.1, 0.15) is 32.6 Å². The van der Waals surface area contributed by atoms with Crippen LogP contribution in [0.3, 0.4) is 0 Å². The second kappa shape index (κ2) is 6.07. The summed E-state index contributed by atoms with van der Waals surface area (Å²) in [6, 6.07) is 0. The number of carbonyl (C=O) groups excluding carboxylic acids is 1. The quantitative estimate of drug-likeness (QED) is 0.742. The van der Waals surface area contributed by atoms with Gasteiger partial charge in [-0.05, 0) is 45.1 Å². The zero-order valence-electron chi connectivity index (χ0n) is 10.7. The number of hydrogen-bond acceptors (Lipinski definition) is 2. The number of hydrogen-bond donors (Lipinski definition) is 1. The highest BCUT2D eigenvalue weighted by Crippen LogP contribution is 2.27. The van der Waals surface area contributed by atoms with Gasteiger partial charge in [0.2, 0.25) is 5.91 Å². The number of amides is 1. The second-order valence-electron chi connectivity index (χ2n) is 5.19. The number of rotatable bonds is 4. The van der Waals surface area contributed by atoms with Crippen molar-refractivity contribution in [2.75, 3.05) is 26.2 Å². The van der Waals surface area contributed by atoms with Crippen LogP contribution in [0, 0.1) is 23.7 Å². The molecule has 1 N–H and O–H groups in total. The largest absolute Gasteiger partial charge is 0.356 e. The van der Waals surface area contributed by atoms with Crippen LogP contribution in [0.2, 0.25) is 0 Å². The van der Waals surface area contributed by atoms with Gasteiger partial charge in [0.25, 0.3) is 0 Å². The first-order chi connectivity index (χ1) is 8.29. The van der Waals surface area contributed by atoms with Crippen LogP contribution in [0.5, 0.6) is 0 Å². The maximum Gasteiger partial charge on any atom is 0.224 e. The minimum absolute atomic E-state index is 0.182. The lowest BCUT2D eigenvalue weighted by Crippen LogP contribution is -2.43. The third-order valence-corrected chi connectivity index (χ3v) is 3.62. The molecule has 0 spiro atoms. The van der Waals surface area contributed by atoms with Gasteiger partial charge in [-0.3, -0.25) is 9.69 Å². The van der Waals surface area contributed by atoms with E-state index in [9.17, 15) is 4.79 Å². The molecule has 0 aromatic heterocycles. The van der Waals surface area contributed by atoms with E-state index in [1.165, 1.54) is 12.8 Å². The lowest BCUT2D eigenvalue weighted by Gasteiger charge is -2.30. The maximum atomic E-state index is 12.0. The smallest absolute Gasteiger partial charge is 0.224 e. The first-order valence-electron chi connectivity index (χ1n) is 6.69. The number of likely N-dealkylation sites (tertiary alicyclic amines) is 1. The predicted molar refractivity (Wildman–Crippen MR) is 68.3 cm³/mol. The molecule has 0 bridgehead atoms. The number of piperidine rings is 1. The molecule has 0 aromatic rings. The number of nitrogens with one attached hydrogen (secondary N) is 1. The summed E-state index contributed by atoms with van der Waals surface area (Å²) >= 11 is 0. The Hall–Kier alpha value is -1.01. The van der Waals surface area contributed by atoms with Crippen LogP contribution in [0.25, 0.3) is 0 Å². The SMILES string of the molecule is CC#CCN1CCC[C@H](C(=O)NCC2CC2)C1. The molecule has 0 unspecified atom stereocenters. The van der Waals surface area contributed by atoms with Gasteiger partial charge in [0.15, 0.2) is 0 Å². The standard InChI is InChI=1S/C14H22N2O/c1-2-3-8-16-9-4-5-13(11-16)14(17)15-10-12-6-7-12/h12-13H,4-11H2,1H3,(H,15,17)/t13-/m0/s1. The van der Waals surface area contributed by atoms with Crippen molar-refractivity contribution in [3.05, 3.63) is 0 Å². The van der Waals surface area contributed by atoms with E-state index in [0.717, 1.165) is 44.9 Å². The zero-order chi connectivity index (χ0) is 12.1. The molecular weight excluding hydrogens is 212 g/mol. The molecular formula is C14H22N2O. The summed E-state index contributed by atoms with van der Waals surface area (Å²) in [7, 11) is 0. The first-order valence-corrected chi connectivity index (χ1v) is 6.69. The van der Waals surface area contributed by atoms with E-state index in [-0.39, 0.29) is 11.8 Å². The monoisotopic (exact) mass is 234 g/mol. The molecule has 0 aromatic carbocycles. The van der Waals surface area contributed by atoms with Crippen molar-refractivity contribution in [2.24, 2.45) is 11.8 Å². The summed E-state index contributed by atoms with van der Waals surface area (Å²) in [5, 5.41) is 3.09. The molecule has 17 heavy (non-hydrogen) atoms. The van der Waals surface area contributed by atoms with Gasteiger partial charge in [-0.15, -0.1) is 5.92 Å². The lowest BCUT2D eigenvalue weighted by molar-refractivity contribution is -0.126. The summed E-state index contributed by atoms with van der Waals surface area (Å²) in [6.07, 6.45) is 4.74. The van der Waals surface area contributed by atoms with Gasteiger partial charge in [0.05, 0.1) is 12.5 Å². The molecule has 0 radical (unpaired) electrons. The fourth-order valence-corrected chi connectivity index (χ4v) is 2.32. The third kappa shape index (κ3) is 4.05. The minimum Gasteiger partial charge on any atom is -0.356 e. The van der Waals surface area contributed by atoms with E-state index in [1.54, 1.807) is 0 Å². The summed E-state index contributed by atoms with van der Waals surface area (Å²) in [5.74, 6) is 7.20. The van der Waals surface area contributed by atoms with Gasteiger partial charge in [0, 0.05) is 13.1 Å². The summed E-state index contributed by atoms with van der Waals surface area (Å²) in [4.78, 5) is 14.3. The molecule has 1 amide bonds. The van der Waals surface area contributed by atoms with E-state index in [4.69, 9.17) is 0 Å². The number of carbonyl (C=O) groups is 1. The van der Waals surface area contributed by atoms with Crippen LogP contribution >= 0.6 is 0 Å². The lowest BCUT2D eigenvalue weighted by atomic mass is 9.97. The molecule has 2 fully saturated rings. The van der Waals surface area contributed by atoms with Crippen LogP contribution in [0.4, 0.5) is 0 Å². The van der Waals surface area contributed by atoms with Gasteiger partial charge in [0.1, 0.15) is 0 Å². The highest BCUT2D eigenvalue weighted by molar-refractivity contribution is 5.79. The van der Waals surface area contributed by atoms with Crippen molar-refractivity contribution in [1.82, 2.24) is 10.2 Å². The summed E-state index contributed by atoms with van der Waals surface area (Å²) < 4.78 is 0. The average molecular weight is 234 g/mol. The average Bonchev–Trinajstić information content (AvgIpc) is 3.18. The zero-order valence-corrected chi connectivity index (χ0v) is 10.7. The predicted octanol–water partition coefficient (Wildman–Crippen LogP) is 1.25. The Morgan fingerprint density at radius 3 is 2.94 bits per heavy atom. The van der Waals surface area contributed by atoms with Gasteiger partial charge in [-0.2, -0.15) is 0 Å². The second-order valence-corrected chi connectivity index (χ2v) is 5.19. The summed E-state index contributed by atoms with van der Waals surface area (Å²) in [5.41, 5.74) is 0. The van der Waals surface area contributed by atoms with E-state index < -0.39 is 0 Å². The molecule has 2 rings (SSSR count). The highest BCUT2D eigenvalue weighted by Gasteiger charge is 2.27. The Balaban J connectivity index is 1.73. The Labute approximate surface area is 104 Å². The molecule has 94 valence electrons. The topological polar surface area (TPSA) is 32.3 Å². The van der Waals surface area contributed by atoms with Gasteiger partial charge < -0.3 is 5.32 Å². The van der Waals surface area contributed by atoms with Crippen LogP contribution < -0.4 is 5.32 Å². The van der Waals surface area contributed by atoms with E-state index in [0.29, 0.717) is 0 Å². The Bertz CT molecular complexity index is 325. The van der Waals surface area contributed by atoms with Gasteiger partial charge in [-0.25, -0.2) is 0 Å². The molecule has 1 atom stereocenters. The highest BCUT2D eigenvalue weighted by atomic mass is 16.1. The maximum absolute atomic E-state index is 12.0. The van der Waals surface area contributed by atoms with Crippen molar-refractivity contribution in [1.29, 1.82) is 0 Å².